The lowest BCUT2D eigenvalue weighted by Gasteiger charge is -2.10. The number of hydrogen-bond acceptors (Lipinski definition) is 7. The van der Waals surface area contributed by atoms with E-state index in [-0.39, 0.29) is 18.4 Å². The topological polar surface area (TPSA) is 116 Å². The third-order valence-electron chi connectivity index (χ3n) is 5.33. The lowest BCUT2D eigenvalue weighted by molar-refractivity contribution is -0.129. The van der Waals surface area contributed by atoms with Gasteiger partial charge in [-0.25, -0.2) is 4.98 Å². The number of benzene rings is 1. The number of nitrogens with zero attached hydrogens (tertiary/aromatic N) is 6. The van der Waals surface area contributed by atoms with Crippen LogP contribution in [0.3, 0.4) is 0 Å². The summed E-state index contributed by atoms with van der Waals surface area (Å²) < 4.78 is 7.00. The van der Waals surface area contributed by atoms with E-state index in [9.17, 15) is 4.79 Å². The van der Waals surface area contributed by atoms with Crippen LogP contribution in [0.5, 0.6) is 0 Å². The molecule has 9 heteroatoms. The van der Waals surface area contributed by atoms with Gasteiger partial charge < -0.3 is 15.2 Å². The van der Waals surface area contributed by atoms with E-state index in [1.54, 1.807) is 37.2 Å². The second-order valence-corrected chi connectivity index (χ2v) is 7.89. The summed E-state index contributed by atoms with van der Waals surface area (Å²) in [5, 5.41) is 8.36. The molecule has 0 fully saturated rings. The van der Waals surface area contributed by atoms with Crippen LogP contribution in [0.1, 0.15) is 29.9 Å². The fraction of sp³-hybridized carbons (Fsp3) is 0.261. The predicted molar refractivity (Wildman–Crippen MR) is 121 cm³/mol. The number of nitrogen functional groups attached to an aromatic ring is 1. The first-order valence-electron chi connectivity index (χ1n) is 10.2. The molecular weight excluding hydrogens is 406 g/mol. The van der Waals surface area contributed by atoms with E-state index < -0.39 is 0 Å². The van der Waals surface area contributed by atoms with Crippen LogP contribution in [0.2, 0.25) is 0 Å². The Hall–Kier alpha value is -4.01. The molecule has 32 heavy (non-hydrogen) atoms. The number of carbonyl (C=O) groups is 1. The Morgan fingerprint density at radius 1 is 1.12 bits per heavy atom. The van der Waals surface area contributed by atoms with E-state index in [1.807, 2.05) is 19.9 Å². The zero-order valence-electron chi connectivity index (χ0n) is 18.5. The van der Waals surface area contributed by atoms with Crippen molar-refractivity contribution >= 4 is 11.7 Å². The van der Waals surface area contributed by atoms with Crippen molar-refractivity contribution < 1.29 is 9.32 Å². The van der Waals surface area contributed by atoms with Gasteiger partial charge in [-0.3, -0.25) is 9.48 Å². The normalized spacial score (nSPS) is 12.0. The molecular formula is C23H25N7O2. The van der Waals surface area contributed by atoms with Gasteiger partial charge in [-0.15, -0.1) is 0 Å². The summed E-state index contributed by atoms with van der Waals surface area (Å²) in [6.07, 6.45) is 3.34. The highest BCUT2D eigenvalue weighted by Crippen LogP contribution is 2.28. The van der Waals surface area contributed by atoms with Crippen molar-refractivity contribution in [3.8, 4) is 22.6 Å². The molecule has 0 bridgehead atoms. The van der Waals surface area contributed by atoms with Gasteiger partial charge in [0, 0.05) is 37.5 Å². The summed E-state index contributed by atoms with van der Waals surface area (Å²) in [4.78, 5) is 22.2. The average molecular weight is 432 g/mol. The van der Waals surface area contributed by atoms with Crippen LogP contribution in [-0.4, -0.2) is 49.8 Å². The zero-order chi connectivity index (χ0) is 22.8. The predicted octanol–water partition coefficient (Wildman–Crippen LogP) is 3.13. The molecule has 164 valence electrons. The molecule has 3 heterocycles. The van der Waals surface area contributed by atoms with Crippen molar-refractivity contribution in [2.24, 2.45) is 0 Å². The summed E-state index contributed by atoms with van der Waals surface area (Å²) in [5.41, 5.74) is 10.5. The molecule has 4 aromatic rings. The number of rotatable bonds is 6. The lowest BCUT2D eigenvalue weighted by Crippen LogP contribution is -2.26. The van der Waals surface area contributed by atoms with Gasteiger partial charge in [-0.1, -0.05) is 36.3 Å². The first-order chi connectivity index (χ1) is 15.3. The maximum absolute atomic E-state index is 11.9. The van der Waals surface area contributed by atoms with E-state index in [2.05, 4.69) is 44.5 Å². The first kappa shape index (κ1) is 21.2. The van der Waals surface area contributed by atoms with Crippen LogP contribution < -0.4 is 5.73 Å². The number of aryl methyl sites for hydroxylation is 1. The number of nitrogens with two attached hydrogens (primary N) is 1. The third kappa shape index (κ3) is 4.36. The monoisotopic (exact) mass is 431 g/mol. The standard InChI is InChI=1S/C23H25N7O2/c1-14(16-5-7-17(8-6-16)19-9-10-20(24)26-15(19)2)22-27-23(32-28-22)18-11-25-30(12-18)13-21(31)29(3)4/h5-12,14H,13H2,1-4H3,(H2,24,26). The minimum atomic E-state index is -0.0578. The lowest BCUT2D eigenvalue weighted by atomic mass is 9.96. The molecule has 3 aromatic heterocycles. The SMILES string of the molecule is Cc1nc(N)ccc1-c1ccc(C(C)c2noc(-c3cnn(CC(=O)N(C)C)c3)n2)cc1. The number of likely N-dealkylation sites (N-methyl/N-ethyl adjacent to an activating group) is 1. The first-order valence-corrected chi connectivity index (χ1v) is 10.2. The van der Waals surface area contributed by atoms with Crippen molar-refractivity contribution in [1.29, 1.82) is 0 Å². The van der Waals surface area contributed by atoms with Crippen LogP contribution in [0.25, 0.3) is 22.6 Å². The highest BCUT2D eigenvalue weighted by molar-refractivity contribution is 5.75. The number of carbonyl (C=O) groups excluding carboxylic acids is 1. The van der Waals surface area contributed by atoms with Crippen LogP contribution in [0.4, 0.5) is 5.82 Å². The fourth-order valence-corrected chi connectivity index (χ4v) is 3.35. The number of anilines is 1. The largest absolute Gasteiger partial charge is 0.384 e. The van der Waals surface area contributed by atoms with E-state index >= 15 is 0 Å². The van der Waals surface area contributed by atoms with Crippen LogP contribution in [0, 0.1) is 6.92 Å². The van der Waals surface area contributed by atoms with Crippen molar-refractivity contribution in [2.75, 3.05) is 19.8 Å². The second kappa shape index (κ2) is 8.62. The van der Waals surface area contributed by atoms with Crippen molar-refractivity contribution in [2.45, 2.75) is 26.3 Å². The summed E-state index contributed by atoms with van der Waals surface area (Å²) in [7, 11) is 3.41. The molecule has 0 aliphatic rings. The number of pyridine rings is 1. The molecule has 4 rings (SSSR count). The molecule has 1 aromatic carbocycles. The van der Waals surface area contributed by atoms with E-state index in [1.165, 1.54) is 4.90 Å². The van der Waals surface area contributed by atoms with Gasteiger partial charge in [0.25, 0.3) is 5.89 Å². The molecule has 0 saturated carbocycles. The van der Waals surface area contributed by atoms with E-state index in [4.69, 9.17) is 10.3 Å². The molecule has 0 radical (unpaired) electrons. The summed E-state index contributed by atoms with van der Waals surface area (Å²) in [6.45, 7) is 4.13. The Bertz CT molecular complexity index is 1240. The average Bonchev–Trinajstić information content (AvgIpc) is 3.43. The summed E-state index contributed by atoms with van der Waals surface area (Å²) in [6, 6.07) is 12.0. The molecule has 9 nitrogen and oxygen atoms in total. The second-order valence-electron chi connectivity index (χ2n) is 7.89. The van der Waals surface area contributed by atoms with Crippen LogP contribution >= 0.6 is 0 Å². The van der Waals surface area contributed by atoms with Crippen molar-refractivity contribution in [3.63, 3.8) is 0 Å². The maximum atomic E-state index is 11.9. The number of amides is 1. The maximum Gasteiger partial charge on any atom is 0.261 e. The molecule has 1 amide bonds. The number of aromatic nitrogens is 5. The summed E-state index contributed by atoms with van der Waals surface area (Å²) in [5.74, 6) is 1.36. The fourth-order valence-electron chi connectivity index (χ4n) is 3.35. The number of hydrogen-bond donors (Lipinski definition) is 1. The Kier molecular flexibility index (Phi) is 5.72. The minimum Gasteiger partial charge on any atom is -0.384 e. The molecule has 2 N–H and O–H groups in total. The van der Waals surface area contributed by atoms with Gasteiger partial charge in [-0.2, -0.15) is 10.1 Å². The molecule has 1 atom stereocenters. The van der Waals surface area contributed by atoms with Gasteiger partial charge in [-0.05, 0) is 30.2 Å². The van der Waals surface area contributed by atoms with Gasteiger partial charge in [0.05, 0.1) is 11.8 Å². The van der Waals surface area contributed by atoms with Gasteiger partial charge >= 0.3 is 0 Å². The van der Waals surface area contributed by atoms with Crippen molar-refractivity contribution in [1.82, 2.24) is 29.8 Å². The Morgan fingerprint density at radius 3 is 2.56 bits per heavy atom. The van der Waals surface area contributed by atoms with Crippen LogP contribution in [-0.2, 0) is 11.3 Å². The van der Waals surface area contributed by atoms with E-state index in [0.717, 1.165) is 22.4 Å². The molecule has 1 unspecified atom stereocenters. The Balaban J connectivity index is 1.50. The van der Waals surface area contributed by atoms with Gasteiger partial charge in [0.2, 0.25) is 5.91 Å². The van der Waals surface area contributed by atoms with Crippen LogP contribution in [0.15, 0.2) is 53.3 Å². The smallest absolute Gasteiger partial charge is 0.261 e. The van der Waals surface area contributed by atoms with Gasteiger partial charge in [0.1, 0.15) is 12.4 Å². The highest BCUT2D eigenvalue weighted by Gasteiger charge is 2.18. The molecule has 0 spiro atoms. The molecule has 0 saturated heterocycles. The van der Waals surface area contributed by atoms with E-state index in [0.29, 0.717) is 23.1 Å². The Morgan fingerprint density at radius 2 is 1.88 bits per heavy atom. The molecule has 0 aliphatic heterocycles. The third-order valence-corrected chi connectivity index (χ3v) is 5.33. The quantitative estimate of drug-likeness (QED) is 0.498. The molecule has 0 aliphatic carbocycles. The zero-order valence-corrected chi connectivity index (χ0v) is 18.5. The minimum absolute atomic E-state index is 0.0483. The van der Waals surface area contributed by atoms with Crippen molar-refractivity contribution in [3.05, 3.63) is 65.9 Å². The highest BCUT2D eigenvalue weighted by atomic mass is 16.5. The Labute approximate surface area is 185 Å². The summed E-state index contributed by atoms with van der Waals surface area (Å²) >= 11 is 0. The van der Waals surface area contributed by atoms with Gasteiger partial charge in [0.15, 0.2) is 5.82 Å².